The van der Waals surface area contributed by atoms with Crippen molar-refractivity contribution in [1.82, 2.24) is 19.9 Å². The highest BCUT2D eigenvalue weighted by atomic mass is 16.5. The van der Waals surface area contributed by atoms with Gasteiger partial charge in [-0.3, -0.25) is 4.79 Å². The Labute approximate surface area is 146 Å². The molecule has 7 nitrogen and oxygen atoms in total. The second kappa shape index (κ2) is 6.84. The summed E-state index contributed by atoms with van der Waals surface area (Å²) in [4.78, 5) is 14.2. The van der Waals surface area contributed by atoms with E-state index in [1.807, 2.05) is 6.07 Å². The first-order chi connectivity index (χ1) is 12.2. The molecule has 0 bridgehead atoms. The molecule has 0 spiro atoms. The molecule has 2 heterocycles. The molecule has 1 aliphatic carbocycles. The number of fused-ring (bicyclic) bond motifs is 1. The van der Waals surface area contributed by atoms with Gasteiger partial charge in [0.15, 0.2) is 6.61 Å². The van der Waals surface area contributed by atoms with Crippen molar-refractivity contribution < 1.29 is 9.53 Å². The minimum atomic E-state index is -0.144. The summed E-state index contributed by atoms with van der Waals surface area (Å²) in [6.07, 6.45) is 8.13. The molecule has 0 saturated carbocycles. The molecule has 132 valence electrons. The molecule has 7 heteroatoms. The Morgan fingerprint density at radius 3 is 2.88 bits per heavy atom. The lowest BCUT2D eigenvalue weighted by molar-refractivity contribution is -0.132. The number of carbonyl (C=O) groups is 1. The van der Waals surface area contributed by atoms with Crippen LogP contribution >= 0.6 is 0 Å². The Balaban J connectivity index is 1.35. The van der Waals surface area contributed by atoms with Gasteiger partial charge in [0.05, 0.1) is 12.2 Å². The lowest BCUT2D eigenvalue weighted by Crippen LogP contribution is -2.35. The minimum Gasteiger partial charge on any atom is -0.484 e. The van der Waals surface area contributed by atoms with Crippen molar-refractivity contribution in [2.45, 2.75) is 37.8 Å². The fourth-order valence-electron chi connectivity index (χ4n) is 3.73. The van der Waals surface area contributed by atoms with Gasteiger partial charge >= 0.3 is 0 Å². The van der Waals surface area contributed by atoms with E-state index in [-0.39, 0.29) is 24.6 Å². The van der Waals surface area contributed by atoms with Crippen LogP contribution in [-0.2, 0) is 17.6 Å². The molecule has 2 N–H and O–H groups in total. The van der Waals surface area contributed by atoms with Gasteiger partial charge in [-0.15, -0.1) is 5.10 Å². The van der Waals surface area contributed by atoms with Crippen molar-refractivity contribution in [3.63, 3.8) is 0 Å². The van der Waals surface area contributed by atoms with Gasteiger partial charge in [0.2, 0.25) is 0 Å². The van der Waals surface area contributed by atoms with Gasteiger partial charge in [-0.05, 0) is 48.9 Å². The van der Waals surface area contributed by atoms with Crippen molar-refractivity contribution in [3.05, 3.63) is 41.7 Å². The molecule has 0 unspecified atom stereocenters. The molecule has 25 heavy (non-hydrogen) atoms. The Morgan fingerprint density at radius 2 is 2.08 bits per heavy atom. The summed E-state index contributed by atoms with van der Waals surface area (Å²) in [5.41, 5.74) is 8.92. The summed E-state index contributed by atoms with van der Waals surface area (Å²) < 4.78 is 7.47. The zero-order valence-corrected chi connectivity index (χ0v) is 14.2. The van der Waals surface area contributed by atoms with Crippen molar-refractivity contribution in [2.75, 3.05) is 19.7 Å². The van der Waals surface area contributed by atoms with Gasteiger partial charge in [-0.2, -0.15) is 0 Å². The summed E-state index contributed by atoms with van der Waals surface area (Å²) in [7, 11) is 0. The summed E-state index contributed by atoms with van der Waals surface area (Å²) in [6.45, 7) is 1.09. The zero-order valence-electron chi connectivity index (χ0n) is 14.2. The summed E-state index contributed by atoms with van der Waals surface area (Å²) in [6, 6.07) is 5.99. The molecule has 1 saturated heterocycles. The molecule has 2 aromatic rings. The van der Waals surface area contributed by atoms with Crippen LogP contribution in [0.2, 0.25) is 0 Å². The molecular formula is C18H23N5O2. The maximum Gasteiger partial charge on any atom is 0.260 e. The number of ether oxygens (including phenoxy) is 1. The van der Waals surface area contributed by atoms with Crippen LogP contribution in [0.3, 0.4) is 0 Å². The van der Waals surface area contributed by atoms with Crippen molar-refractivity contribution >= 4 is 5.91 Å². The van der Waals surface area contributed by atoms with E-state index in [2.05, 4.69) is 22.4 Å². The van der Waals surface area contributed by atoms with E-state index in [9.17, 15) is 4.79 Å². The number of nitrogens with two attached hydrogens (primary N) is 1. The lowest BCUT2D eigenvalue weighted by atomic mass is 9.92. The SMILES string of the molecule is N[C@@H]1CN(C(=O)COc2ccc3c(c2)CCCC3)C[C@@H]1n1ccnn1. The molecule has 2 atom stereocenters. The van der Waals surface area contributed by atoms with E-state index >= 15 is 0 Å². The first-order valence-electron chi connectivity index (χ1n) is 8.84. The van der Waals surface area contributed by atoms with Crippen molar-refractivity contribution in [2.24, 2.45) is 5.73 Å². The number of carbonyl (C=O) groups excluding carboxylic acids is 1. The Hall–Kier alpha value is -2.41. The van der Waals surface area contributed by atoms with Crippen molar-refractivity contribution in [1.29, 1.82) is 0 Å². The second-order valence-electron chi connectivity index (χ2n) is 6.84. The quantitative estimate of drug-likeness (QED) is 0.895. The number of rotatable bonds is 4. The number of amides is 1. The molecule has 4 rings (SSSR count). The predicted molar refractivity (Wildman–Crippen MR) is 92.2 cm³/mol. The fourth-order valence-corrected chi connectivity index (χ4v) is 3.73. The predicted octanol–water partition coefficient (Wildman–Crippen LogP) is 0.946. The number of benzene rings is 1. The maximum atomic E-state index is 12.5. The topological polar surface area (TPSA) is 86.3 Å². The van der Waals surface area contributed by atoms with Crippen molar-refractivity contribution in [3.8, 4) is 5.75 Å². The third-order valence-electron chi connectivity index (χ3n) is 5.15. The summed E-state index contributed by atoms with van der Waals surface area (Å²) >= 11 is 0. The third kappa shape index (κ3) is 3.37. The van der Waals surface area contributed by atoms with Crippen LogP contribution < -0.4 is 10.5 Å². The normalized spacial score (nSPS) is 22.7. The third-order valence-corrected chi connectivity index (χ3v) is 5.15. The highest BCUT2D eigenvalue weighted by Gasteiger charge is 2.34. The van der Waals surface area contributed by atoms with E-state index in [1.165, 1.54) is 24.0 Å². The first kappa shape index (κ1) is 16.1. The van der Waals surface area contributed by atoms with Gasteiger partial charge < -0.3 is 15.4 Å². The number of nitrogens with zero attached hydrogens (tertiary/aromatic N) is 4. The molecule has 1 aliphatic heterocycles. The van der Waals surface area contributed by atoms with Crippen LogP contribution in [0.1, 0.15) is 30.0 Å². The highest BCUT2D eigenvalue weighted by molar-refractivity contribution is 5.78. The van der Waals surface area contributed by atoms with Gasteiger partial charge in [0.1, 0.15) is 5.75 Å². The van der Waals surface area contributed by atoms with Crippen LogP contribution in [-0.4, -0.2) is 51.5 Å². The first-order valence-corrected chi connectivity index (χ1v) is 8.84. The minimum absolute atomic E-state index is 0.0322. The van der Waals surface area contributed by atoms with E-state index in [0.717, 1.165) is 18.6 Å². The van der Waals surface area contributed by atoms with Crippen LogP contribution in [0.4, 0.5) is 0 Å². The summed E-state index contributed by atoms with van der Waals surface area (Å²) in [5.74, 6) is 0.723. The average molecular weight is 341 g/mol. The van der Waals surface area contributed by atoms with E-state index in [1.54, 1.807) is 22.0 Å². The Kier molecular flexibility index (Phi) is 4.40. The number of aromatic nitrogens is 3. The standard InChI is InChI=1S/C18H23N5O2/c19-16-10-22(11-17(16)23-8-7-20-21-23)18(24)12-25-15-6-5-13-3-1-2-4-14(13)9-15/h5-9,16-17H,1-4,10-12,19H2/t16-,17+/m1/s1. The second-order valence-corrected chi connectivity index (χ2v) is 6.84. The molecule has 1 fully saturated rings. The van der Waals surface area contributed by atoms with Gasteiger partial charge in [0.25, 0.3) is 5.91 Å². The smallest absolute Gasteiger partial charge is 0.260 e. The van der Waals surface area contributed by atoms with Gasteiger partial charge in [-0.25, -0.2) is 4.68 Å². The number of hydrogen-bond acceptors (Lipinski definition) is 5. The molecule has 1 aromatic carbocycles. The van der Waals surface area contributed by atoms with Crippen LogP contribution in [0.5, 0.6) is 5.75 Å². The monoisotopic (exact) mass is 341 g/mol. The highest BCUT2D eigenvalue weighted by Crippen LogP contribution is 2.25. The van der Waals surface area contributed by atoms with Crippen LogP contribution in [0.25, 0.3) is 0 Å². The zero-order chi connectivity index (χ0) is 17.2. The van der Waals surface area contributed by atoms with Gasteiger partial charge in [-0.1, -0.05) is 11.3 Å². The van der Waals surface area contributed by atoms with E-state index in [4.69, 9.17) is 10.5 Å². The molecular weight excluding hydrogens is 318 g/mol. The number of aryl methyl sites for hydroxylation is 2. The lowest BCUT2D eigenvalue weighted by Gasteiger charge is -2.18. The van der Waals surface area contributed by atoms with Crippen LogP contribution in [0, 0.1) is 0 Å². The van der Waals surface area contributed by atoms with E-state index < -0.39 is 0 Å². The largest absolute Gasteiger partial charge is 0.484 e. The summed E-state index contributed by atoms with van der Waals surface area (Å²) in [5, 5.41) is 7.81. The van der Waals surface area contributed by atoms with E-state index in [0.29, 0.717) is 13.1 Å². The Bertz CT molecular complexity index is 746. The molecule has 1 amide bonds. The molecule has 1 aromatic heterocycles. The molecule has 2 aliphatic rings. The number of likely N-dealkylation sites (tertiary alicyclic amines) is 1. The average Bonchev–Trinajstić information content (AvgIpc) is 3.29. The fraction of sp³-hybridized carbons (Fsp3) is 0.500. The van der Waals surface area contributed by atoms with Gasteiger partial charge in [0, 0.05) is 25.3 Å². The Morgan fingerprint density at radius 1 is 1.24 bits per heavy atom. The van der Waals surface area contributed by atoms with Crippen LogP contribution in [0.15, 0.2) is 30.6 Å². The maximum absolute atomic E-state index is 12.5. The molecule has 0 radical (unpaired) electrons. The number of hydrogen-bond donors (Lipinski definition) is 1.